The number of carbonyl (C=O) groups excluding carboxylic acids is 1. The summed E-state index contributed by atoms with van der Waals surface area (Å²) in [6, 6.07) is 2.06. The molecule has 1 fully saturated rings. The van der Waals surface area contributed by atoms with E-state index in [4.69, 9.17) is 5.26 Å². The van der Waals surface area contributed by atoms with Crippen molar-refractivity contribution in [1.29, 1.82) is 5.26 Å². The molecule has 1 saturated heterocycles. The number of carbonyl (C=O) groups is 1. The molecule has 0 aliphatic carbocycles. The Morgan fingerprint density at radius 1 is 1.57 bits per heavy atom. The van der Waals surface area contributed by atoms with Crippen molar-refractivity contribution in [3.8, 4) is 6.07 Å². The van der Waals surface area contributed by atoms with Crippen molar-refractivity contribution >= 4 is 5.91 Å². The normalized spacial score (nSPS) is 21.7. The molecule has 1 heterocycles. The van der Waals surface area contributed by atoms with Crippen molar-refractivity contribution in [2.75, 3.05) is 6.54 Å². The average Bonchev–Trinajstić information content (AvgIpc) is 2.25. The summed E-state index contributed by atoms with van der Waals surface area (Å²) in [4.78, 5) is 13.5. The van der Waals surface area contributed by atoms with Gasteiger partial charge >= 0.3 is 0 Å². The standard InChI is InChI=1S/C11H18N2O/c1-2-3-7-11(14)13-8-5-4-6-10(13)9-12/h10H,2-8H2,1H3. The van der Waals surface area contributed by atoms with Gasteiger partial charge in [-0.1, -0.05) is 13.3 Å². The minimum atomic E-state index is -0.159. The van der Waals surface area contributed by atoms with Crippen LogP contribution in [-0.2, 0) is 4.79 Å². The highest BCUT2D eigenvalue weighted by Gasteiger charge is 2.25. The topological polar surface area (TPSA) is 44.1 Å². The molecule has 1 aliphatic rings. The summed E-state index contributed by atoms with van der Waals surface area (Å²) in [6.07, 6.45) is 5.57. The second-order valence-corrected chi connectivity index (χ2v) is 3.83. The van der Waals surface area contributed by atoms with Crippen molar-refractivity contribution in [2.24, 2.45) is 0 Å². The summed E-state index contributed by atoms with van der Waals surface area (Å²) in [5, 5.41) is 8.89. The number of amides is 1. The van der Waals surface area contributed by atoms with Gasteiger partial charge in [-0.3, -0.25) is 4.79 Å². The van der Waals surface area contributed by atoms with Crippen LogP contribution in [0.5, 0.6) is 0 Å². The van der Waals surface area contributed by atoms with Gasteiger partial charge < -0.3 is 4.90 Å². The number of nitrogens with zero attached hydrogens (tertiary/aromatic N) is 2. The van der Waals surface area contributed by atoms with E-state index in [0.717, 1.165) is 38.6 Å². The molecule has 1 rings (SSSR count). The molecule has 0 aromatic carbocycles. The first kappa shape index (κ1) is 11.0. The van der Waals surface area contributed by atoms with Gasteiger partial charge in [0.05, 0.1) is 6.07 Å². The molecular formula is C11H18N2O. The van der Waals surface area contributed by atoms with E-state index in [9.17, 15) is 4.79 Å². The Morgan fingerprint density at radius 3 is 3.00 bits per heavy atom. The zero-order valence-electron chi connectivity index (χ0n) is 8.83. The third kappa shape index (κ3) is 2.73. The van der Waals surface area contributed by atoms with Crippen LogP contribution >= 0.6 is 0 Å². The number of piperidine rings is 1. The SMILES string of the molecule is CCCCC(=O)N1CCCCC1C#N. The third-order valence-electron chi connectivity index (χ3n) is 2.72. The predicted octanol–water partition coefficient (Wildman–Crippen LogP) is 2.08. The van der Waals surface area contributed by atoms with E-state index in [0.29, 0.717) is 6.42 Å². The Hall–Kier alpha value is -1.04. The second-order valence-electron chi connectivity index (χ2n) is 3.83. The maximum Gasteiger partial charge on any atom is 0.223 e. The van der Waals surface area contributed by atoms with Crippen LogP contribution in [0.2, 0.25) is 0 Å². The van der Waals surface area contributed by atoms with Gasteiger partial charge in [0, 0.05) is 13.0 Å². The minimum absolute atomic E-state index is 0.159. The van der Waals surface area contributed by atoms with Gasteiger partial charge in [0.2, 0.25) is 5.91 Å². The lowest BCUT2D eigenvalue weighted by molar-refractivity contribution is -0.133. The molecular weight excluding hydrogens is 176 g/mol. The fraction of sp³-hybridized carbons (Fsp3) is 0.818. The molecule has 1 aliphatic heterocycles. The number of unbranched alkanes of at least 4 members (excludes halogenated alkanes) is 1. The number of hydrogen-bond acceptors (Lipinski definition) is 2. The Labute approximate surface area is 85.7 Å². The Kier molecular flexibility index (Phi) is 4.45. The first-order valence-electron chi connectivity index (χ1n) is 5.48. The van der Waals surface area contributed by atoms with Crippen LogP contribution in [0.1, 0.15) is 45.4 Å². The number of rotatable bonds is 3. The zero-order valence-corrected chi connectivity index (χ0v) is 8.83. The first-order chi connectivity index (χ1) is 6.79. The highest BCUT2D eigenvalue weighted by atomic mass is 16.2. The lowest BCUT2D eigenvalue weighted by Crippen LogP contribution is -2.42. The van der Waals surface area contributed by atoms with Gasteiger partial charge in [-0.15, -0.1) is 0 Å². The van der Waals surface area contributed by atoms with Gasteiger partial charge in [0.15, 0.2) is 0 Å². The summed E-state index contributed by atoms with van der Waals surface area (Å²) >= 11 is 0. The van der Waals surface area contributed by atoms with Crippen LogP contribution < -0.4 is 0 Å². The third-order valence-corrected chi connectivity index (χ3v) is 2.72. The number of hydrogen-bond donors (Lipinski definition) is 0. The van der Waals surface area contributed by atoms with E-state index in [1.807, 2.05) is 0 Å². The van der Waals surface area contributed by atoms with Gasteiger partial charge in [-0.25, -0.2) is 0 Å². The molecule has 1 amide bonds. The zero-order chi connectivity index (χ0) is 10.4. The lowest BCUT2D eigenvalue weighted by Gasteiger charge is -2.31. The first-order valence-corrected chi connectivity index (χ1v) is 5.48. The van der Waals surface area contributed by atoms with Crippen molar-refractivity contribution in [3.05, 3.63) is 0 Å². The van der Waals surface area contributed by atoms with Crippen LogP contribution in [0, 0.1) is 11.3 Å². The molecule has 0 aromatic heterocycles. The average molecular weight is 194 g/mol. The van der Waals surface area contributed by atoms with E-state index >= 15 is 0 Å². The fourth-order valence-corrected chi connectivity index (χ4v) is 1.84. The van der Waals surface area contributed by atoms with Crippen molar-refractivity contribution in [3.63, 3.8) is 0 Å². The van der Waals surface area contributed by atoms with Crippen LogP contribution in [0.4, 0.5) is 0 Å². The molecule has 0 aromatic rings. The summed E-state index contributed by atoms with van der Waals surface area (Å²) in [7, 11) is 0. The smallest absolute Gasteiger partial charge is 0.223 e. The largest absolute Gasteiger partial charge is 0.327 e. The number of likely N-dealkylation sites (tertiary alicyclic amines) is 1. The fourth-order valence-electron chi connectivity index (χ4n) is 1.84. The van der Waals surface area contributed by atoms with Crippen LogP contribution in [0.3, 0.4) is 0 Å². The van der Waals surface area contributed by atoms with Crippen molar-refractivity contribution in [1.82, 2.24) is 4.90 Å². The van der Waals surface area contributed by atoms with Crippen molar-refractivity contribution < 1.29 is 4.79 Å². The number of nitriles is 1. The Balaban J connectivity index is 2.47. The highest BCUT2D eigenvalue weighted by Crippen LogP contribution is 2.17. The van der Waals surface area contributed by atoms with E-state index < -0.39 is 0 Å². The molecule has 0 bridgehead atoms. The van der Waals surface area contributed by atoms with Crippen LogP contribution in [0.15, 0.2) is 0 Å². The summed E-state index contributed by atoms with van der Waals surface area (Å²) in [5.41, 5.74) is 0. The summed E-state index contributed by atoms with van der Waals surface area (Å²) < 4.78 is 0. The monoisotopic (exact) mass is 194 g/mol. The molecule has 0 saturated carbocycles. The molecule has 0 spiro atoms. The van der Waals surface area contributed by atoms with Gasteiger partial charge in [-0.05, 0) is 25.7 Å². The molecule has 0 N–H and O–H groups in total. The van der Waals surface area contributed by atoms with E-state index in [1.165, 1.54) is 0 Å². The molecule has 78 valence electrons. The van der Waals surface area contributed by atoms with E-state index in [2.05, 4.69) is 13.0 Å². The maximum absolute atomic E-state index is 11.7. The summed E-state index contributed by atoms with van der Waals surface area (Å²) in [5.74, 6) is 0.165. The van der Waals surface area contributed by atoms with Gasteiger partial charge in [0.25, 0.3) is 0 Å². The minimum Gasteiger partial charge on any atom is -0.327 e. The molecule has 1 unspecified atom stereocenters. The lowest BCUT2D eigenvalue weighted by atomic mass is 10.0. The van der Waals surface area contributed by atoms with Gasteiger partial charge in [-0.2, -0.15) is 5.26 Å². The second kappa shape index (κ2) is 5.64. The quantitative estimate of drug-likeness (QED) is 0.690. The highest BCUT2D eigenvalue weighted by molar-refractivity contribution is 5.76. The van der Waals surface area contributed by atoms with Gasteiger partial charge in [0.1, 0.15) is 6.04 Å². The molecule has 1 atom stereocenters. The molecule has 14 heavy (non-hydrogen) atoms. The summed E-state index contributed by atoms with van der Waals surface area (Å²) in [6.45, 7) is 2.85. The van der Waals surface area contributed by atoms with Crippen molar-refractivity contribution in [2.45, 2.75) is 51.5 Å². The molecule has 3 nitrogen and oxygen atoms in total. The Morgan fingerprint density at radius 2 is 2.36 bits per heavy atom. The maximum atomic E-state index is 11.7. The molecule has 3 heteroatoms. The van der Waals surface area contributed by atoms with Crippen LogP contribution in [0.25, 0.3) is 0 Å². The predicted molar refractivity (Wildman–Crippen MR) is 54.5 cm³/mol. The van der Waals surface area contributed by atoms with E-state index in [-0.39, 0.29) is 11.9 Å². The Bertz CT molecular complexity index is 232. The van der Waals surface area contributed by atoms with Crippen LogP contribution in [-0.4, -0.2) is 23.4 Å². The molecule has 0 radical (unpaired) electrons. The van der Waals surface area contributed by atoms with E-state index in [1.54, 1.807) is 4.90 Å².